The first-order valence-corrected chi connectivity index (χ1v) is 7.10. The summed E-state index contributed by atoms with van der Waals surface area (Å²) in [5, 5.41) is 18.8. The largest absolute Gasteiger partial charge is 0.396 e. The molecule has 2 rings (SSSR count). The maximum Gasteiger partial charge on any atom is 0.319 e. The molecule has 2 amide bonds. The molecule has 118 valence electrons. The van der Waals surface area contributed by atoms with E-state index in [4.69, 9.17) is 5.11 Å². The lowest BCUT2D eigenvalue weighted by atomic mass is 10.0. The molecule has 0 aliphatic heterocycles. The van der Waals surface area contributed by atoms with Crippen molar-refractivity contribution in [1.29, 1.82) is 0 Å². The minimum absolute atomic E-state index is 0.0240. The number of hydrogen-bond donors (Lipinski definition) is 3. The number of carbonyl (C=O) groups is 1. The molecule has 0 saturated heterocycles. The minimum atomic E-state index is -0.473. The van der Waals surface area contributed by atoms with Crippen molar-refractivity contribution in [2.24, 2.45) is 0 Å². The number of aromatic nitrogens is 3. The van der Waals surface area contributed by atoms with Gasteiger partial charge in [-0.1, -0.05) is 18.2 Å². The number of amides is 2. The van der Waals surface area contributed by atoms with Crippen LogP contribution >= 0.6 is 0 Å². The fourth-order valence-corrected chi connectivity index (χ4v) is 2.07. The first kappa shape index (κ1) is 16.0. The molecule has 0 saturated carbocycles. The van der Waals surface area contributed by atoms with Gasteiger partial charge >= 0.3 is 6.03 Å². The summed E-state index contributed by atoms with van der Waals surface area (Å²) in [5.41, 5.74) is 1.18. The van der Waals surface area contributed by atoms with Crippen LogP contribution in [0.2, 0.25) is 0 Å². The quantitative estimate of drug-likeness (QED) is 0.756. The van der Waals surface area contributed by atoms with Crippen LogP contribution in [0.4, 0.5) is 10.5 Å². The Morgan fingerprint density at radius 3 is 2.82 bits per heavy atom. The van der Waals surface area contributed by atoms with Gasteiger partial charge in [-0.15, -0.1) is 0 Å². The molecule has 0 unspecified atom stereocenters. The van der Waals surface area contributed by atoms with Crippen LogP contribution in [0.5, 0.6) is 0 Å². The summed E-state index contributed by atoms with van der Waals surface area (Å²) in [6.07, 6.45) is 3.59. The highest BCUT2D eigenvalue weighted by Crippen LogP contribution is 2.16. The molecule has 2 aromatic rings. The highest BCUT2D eigenvalue weighted by molar-refractivity contribution is 5.90. The van der Waals surface area contributed by atoms with Crippen molar-refractivity contribution < 1.29 is 9.90 Å². The van der Waals surface area contributed by atoms with Crippen LogP contribution in [0.25, 0.3) is 0 Å². The maximum absolute atomic E-state index is 12.1. The predicted molar refractivity (Wildman–Crippen MR) is 83.5 cm³/mol. The number of para-hydroxylation sites is 1. The molecule has 0 spiro atoms. The molecule has 22 heavy (non-hydrogen) atoms. The Hall–Kier alpha value is -2.41. The smallest absolute Gasteiger partial charge is 0.319 e. The normalized spacial score (nSPS) is 11.2. The Morgan fingerprint density at radius 1 is 1.36 bits per heavy atom. The minimum Gasteiger partial charge on any atom is -0.396 e. The molecule has 7 heteroatoms. The van der Waals surface area contributed by atoms with Gasteiger partial charge in [0.1, 0.15) is 12.7 Å². The third kappa shape index (κ3) is 4.56. The number of rotatable bonds is 6. The van der Waals surface area contributed by atoms with E-state index in [1.54, 1.807) is 11.0 Å². The molecule has 1 aromatic heterocycles. The van der Waals surface area contributed by atoms with Crippen molar-refractivity contribution in [2.45, 2.75) is 32.4 Å². The number of carbonyl (C=O) groups excluding carboxylic acids is 1. The number of urea groups is 1. The van der Waals surface area contributed by atoms with Gasteiger partial charge in [0.2, 0.25) is 0 Å². The van der Waals surface area contributed by atoms with Crippen LogP contribution in [0.1, 0.15) is 25.8 Å². The Morgan fingerprint density at radius 2 is 2.14 bits per heavy atom. The second-order valence-corrected chi connectivity index (χ2v) is 5.69. The lowest BCUT2D eigenvalue weighted by molar-refractivity contribution is 0.218. The van der Waals surface area contributed by atoms with E-state index in [0.29, 0.717) is 13.0 Å². The molecule has 0 aliphatic carbocycles. The Bertz CT molecular complexity index is 610. The second-order valence-electron chi connectivity index (χ2n) is 5.69. The van der Waals surface area contributed by atoms with Crippen molar-refractivity contribution >= 4 is 11.7 Å². The van der Waals surface area contributed by atoms with Crippen LogP contribution in [0, 0.1) is 0 Å². The molecular formula is C15H21N5O2. The molecule has 0 fully saturated rings. The molecule has 1 aromatic carbocycles. The zero-order valence-corrected chi connectivity index (χ0v) is 12.8. The van der Waals surface area contributed by atoms with Gasteiger partial charge < -0.3 is 15.7 Å². The fourth-order valence-electron chi connectivity index (χ4n) is 2.07. The number of nitrogens with zero attached hydrogens (tertiary/aromatic N) is 3. The third-order valence-corrected chi connectivity index (χ3v) is 3.25. The molecule has 0 bridgehead atoms. The topological polar surface area (TPSA) is 92.1 Å². The maximum atomic E-state index is 12.1. The van der Waals surface area contributed by atoms with Gasteiger partial charge in [-0.2, -0.15) is 5.10 Å². The van der Waals surface area contributed by atoms with Gasteiger partial charge in [-0.05, 0) is 31.9 Å². The number of hydrogen-bond acceptors (Lipinski definition) is 4. The number of anilines is 1. The fraction of sp³-hybridized carbons (Fsp3) is 0.400. The van der Waals surface area contributed by atoms with E-state index in [0.717, 1.165) is 11.3 Å². The summed E-state index contributed by atoms with van der Waals surface area (Å²) in [6.45, 7) is 4.28. The van der Waals surface area contributed by atoms with E-state index in [1.165, 1.54) is 6.33 Å². The van der Waals surface area contributed by atoms with E-state index < -0.39 is 5.54 Å². The number of nitrogens with one attached hydrogen (secondary N) is 2. The third-order valence-electron chi connectivity index (χ3n) is 3.25. The van der Waals surface area contributed by atoms with Gasteiger partial charge in [-0.3, -0.25) is 0 Å². The standard InChI is InChI=1S/C15H21N5O2/c1-15(2,7-8-21)19-14(22)18-13-6-4-3-5-12(13)9-20-11-16-10-17-20/h3-6,10-11,21H,7-9H2,1-2H3,(H2,18,19,22). The Kier molecular flexibility index (Phi) is 5.11. The molecular weight excluding hydrogens is 282 g/mol. The van der Waals surface area contributed by atoms with Gasteiger partial charge in [-0.25, -0.2) is 14.5 Å². The molecule has 1 heterocycles. The monoisotopic (exact) mass is 303 g/mol. The molecule has 0 radical (unpaired) electrons. The van der Waals surface area contributed by atoms with Crippen LogP contribution in [-0.2, 0) is 6.54 Å². The van der Waals surface area contributed by atoms with Crippen LogP contribution in [-0.4, -0.2) is 38.0 Å². The average Bonchev–Trinajstić information content (AvgIpc) is 2.93. The number of aliphatic hydroxyl groups is 1. The zero-order chi connectivity index (χ0) is 16.0. The van der Waals surface area contributed by atoms with E-state index >= 15 is 0 Å². The van der Waals surface area contributed by atoms with Crippen LogP contribution < -0.4 is 10.6 Å². The SMILES string of the molecule is CC(C)(CCO)NC(=O)Nc1ccccc1Cn1cncn1. The van der Waals surface area contributed by atoms with Crippen molar-refractivity contribution in [3.63, 3.8) is 0 Å². The predicted octanol–water partition coefficient (Wildman–Crippen LogP) is 1.61. The summed E-state index contributed by atoms with van der Waals surface area (Å²) in [6, 6.07) is 7.23. The highest BCUT2D eigenvalue weighted by atomic mass is 16.3. The van der Waals surface area contributed by atoms with Crippen molar-refractivity contribution in [2.75, 3.05) is 11.9 Å². The lowest BCUT2D eigenvalue weighted by Gasteiger charge is -2.25. The van der Waals surface area contributed by atoms with Gasteiger partial charge in [0.05, 0.1) is 6.54 Å². The Balaban J connectivity index is 2.05. The molecule has 3 N–H and O–H groups in total. The van der Waals surface area contributed by atoms with Gasteiger partial charge in [0, 0.05) is 17.8 Å². The van der Waals surface area contributed by atoms with Crippen LogP contribution in [0.15, 0.2) is 36.9 Å². The van der Waals surface area contributed by atoms with Crippen molar-refractivity contribution in [1.82, 2.24) is 20.1 Å². The van der Waals surface area contributed by atoms with Gasteiger partial charge in [0.25, 0.3) is 0 Å². The van der Waals surface area contributed by atoms with Crippen molar-refractivity contribution in [3.05, 3.63) is 42.5 Å². The number of aliphatic hydroxyl groups excluding tert-OH is 1. The molecule has 0 atom stereocenters. The highest BCUT2D eigenvalue weighted by Gasteiger charge is 2.20. The summed E-state index contributed by atoms with van der Waals surface area (Å²) >= 11 is 0. The first-order valence-electron chi connectivity index (χ1n) is 7.10. The summed E-state index contributed by atoms with van der Waals surface area (Å²) in [7, 11) is 0. The summed E-state index contributed by atoms with van der Waals surface area (Å²) < 4.78 is 1.69. The average molecular weight is 303 g/mol. The van der Waals surface area contributed by atoms with E-state index in [-0.39, 0.29) is 12.6 Å². The Labute approximate surface area is 129 Å². The first-order chi connectivity index (χ1) is 10.5. The number of benzene rings is 1. The lowest BCUT2D eigenvalue weighted by Crippen LogP contribution is -2.46. The summed E-state index contributed by atoms with van der Waals surface area (Å²) in [5.74, 6) is 0. The van der Waals surface area contributed by atoms with Gasteiger partial charge in [0.15, 0.2) is 0 Å². The van der Waals surface area contributed by atoms with Crippen molar-refractivity contribution in [3.8, 4) is 0 Å². The second kappa shape index (κ2) is 7.04. The zero-order valence-electron chi connectivity index (χ0n) is 12.8. The van der Waals surface area contributed by atoms with E-state index in [1.807, 2.05) is 38.1 Å². The molecule has 0 aliphatic rings. The summed E-state index contributed by atoms with van der Waals surface area (Å²) in [4.78, 5) is 16.0. The molecule has 7 nitrogen and oxygen atoms in total. The van der Waals surface area contributed by atoms with Crippen LogP contribution in [0.3, 0.4) is 0 Å². The van der Waals surface area contributed by atoms with E-state index in [2.05, 4.69) is 20.7 Å². The van der Waals surface area contributed by atoms with E-state index in [9.17, 15) is 4.79 Å².